The predicted molar refractivity (Wildman–Crippen MR) is 110 cm³/mol. The summed E-state index contributed by atoms with van der Waals surface area (Å²) in [4.78, 5) is 0. The third kappa shape index (κ3) is 8.78. The maximum absolute atomic E-state index is 9.46. The molecule has 0 aliphatic heterocycles. The van der Waals surface area contributed by atoms with Gasteiger partial charge in [-0.05, 0) is 60.1 Å². The first-order chi connectivity index (χ1) is 10.2. The van der Waals surface area contributed by atoms with Crippen molar-refractivity contribution in [1.82, 2.24) is 0 Å². The Bertz CT molecular complexity index is 640. The Labute approximate surface area is 212 Å². The number of aryl methyl sites for hydroxylation is 2. The maximum Gasteiger partial charge on any atom is 2.00 e. The monoisotopic (exact) mass is 384 g/mol. The van der Waals surface area contributed by atoms with E-state index in [1.807, 2.05) is 38.1 Å². The Balaban J connectivity index is -0.0000000712. The van der Waals surface area contributed by atoms with Crippen molar-refractivity contribution in [3.63, 3.8) is 0 Å². The number of phenols is 2. The molecule has 2 aromatic rings. The zero-order valence-corrected chi connectivity index (χ0v) is 20.3. The predicted octanol–water partition coefficient (Wildman–Crippen LogP) is 5.34. The van der Waals surface area contributed by atoms with Crippen LogP contribution < -0.4 is 0 Å². The van der Waals surface area contributed by atoms with Crippen LogP contribution in [0.5, 0.6) is 11.5 Å². The Morgan fingerprint density at radius 3 is 1.75 bits per heavy atom. The molecule has 0 aliphatic carbocycles. The average Bonchev–Trinajstić information content (AvgIpc) is 2.41. The Morgan fingerprint density at radius 2 is 1.33 bits per heavy atom. The number of hydrogen-bond donors (Lipinski definition) is 2. The fraction of sp³-hybridized carbons (Fsp3) is 0.400. The molecule has 2 nitrogen and oxygen atoms in total. The minimum Gasteiger partial charge on any atom is -1.00 e. The second-order valence-electron chi connectivity index (χ2n) is 6.42. The molecule has 2 rings (SSSR count). The van der Waals surface area contributed by atoms with E-state index in [1.54, 1.807) is 6.07 Å². The molecule has 0 amide bonds. The van der Waals surface area contributed by atoms with Crippen molar-refractivity contribution in [3.8, 4) is 11.5 Å². The molecule has 2 aromatic carbocycles. The second-order valence-corrected chi connectivity index (χ2v) is 6.42. The molecule has 0 fully saturated rings. The second kappa shape index (κ2) is 12.8. The van der Waals surface area contributed by atoms with Gasteiger partial charge < -0.3 is 15.9 Å². The summed E-state index contributed by atoms with van der Waals surface area (Å²) in [6, 6.07) is 11.6. The summed E-state index contributed by atoms with van der Waals surface area (Å²) in [6.45, 7) is 12.3. The first kappa shape index (κ1) is 26.8. The zero-order valence-electron chi connectivity index (χ0n) is 19.9. The van der Waals surface area contributed by atoms with Crippen LogP contribution in [0.1, 0.15) is 67.5 Å². The van der Waals surface area contributed by atoms with Gasteiger partial charge in [0.25, 0.3) is 0 Å². The van der Waals surface area contributed by atoms with Gasteiger partial charge in [-0.15, -0.1) is 0 Å². The van der Waals surface area contributed by atoms with Gasteiger partial charge in [0.05, 0.1) is 0 Å². The minimum absolute atomic E-state index is 0. The van der Waals surface area contributed by atoms with E-state index in [1.165, 1.54) is 5.56 Å². The first-order valence-corrected chi connectivity index (χ1v) is 7.81. The van der Waals surface area contributed by atoms with Crippen molar-refractivity contribution >= 4 is 75.5 Å². The number of aromatic hydroxyl groups is 2. The van der Waals surface area contributed by atoms with Crippen LogP contribution in [0.25, 0.3) is 0 Å². The number of phenolic OH excluding ortho intramolecular Hbond substituents is 2. The van der Waals surface area contributed by atoms with Gasteiger partial charge in [-0.25, -0.2) is 0 Å². The van der Waals surface area contributed by atoms with Crippen molar-refractivity contribution < 1.29 is 15.9 Å². The Kier molecular flexibility index (Phi) is 14.3. The van der Waals surface area contributed by atoms with Crippen LogP contribution in [0.3, 0.4) is 0 Å². The van der Waals surface area contributed by atoms with Gasteiger partial charge in [0, 0.05) is 0 Å². The van der Waals surface area contributed by atoms with E-state index in [4.69, 9.17) is 0 Å². The third-order valence-corrected chi connectivity index (χ3v) is 3.71. The molecule has 128 valence electrons. The third-order valence-electron chi connectivity index (χ3n) is 3.71. The summed E-state index contributed by atoms with van der Waals surface area (Å²) in [7, 11) is 0. The van der Waals surface area contributed by atoms with Crippen molar-refractivity contribution in [2.45, 2.75) is 53.4 Å². The molecule has 2 N–H and O–H groups in total. The van der Waals surface area contributed by atoms with Crippen LogP contribution in [-0.4, -0.2) is 85.7 Å². The molecule has 0 aromatic heterocycles. The summed E-state index contributed by atoms with van der Waals surface area (Å²) in [6.07, 6.45) is 0. The molecule has 0 radical (unpaired) electrons. The van der Waals surface area contributed by atoms with Crippen molar-refractivity contribution in [3.05, 3.63) is 58.7 Å². The molecule has 24 heavy (non-hydrogen) atoms. The fourth-order valence-electron chi connectivity index (χ4n) is 2.13. The molecule has 0 aliphatic rings. The molecule has 0 atom stereocenters. The summed E-state index contributed by atoms with van der Waals surface area (Å²) in [5, 5.41) is 18.8. The molecule has 0 saturated carbocycles. The van der Waals surface area contributed by atoms with Gasteiger partial charge in [-0.3, -0.25) is 0 Å². The van der Waals surface area contributed by atoms with Crippen LogP contribution in [0.4, 0.5) is 0 Å². The standard InChI is InChI=1S/2C10H14O.2Ca.4H/c1-7(2)9-5-4-8(3)10(11)6-9;1-7(2)9-5-4-8(3)6-10(9)11;;;;;;/h2*4-7,11H,1-3H3;;;;;;/q;;2*+2;4*-1. The number of hydrogen-bond acceptors (Lipinski definition) is 2. The molecule has 0 spiro atoms. The molecular formula is C20H32Ca2O2. The number of rotatable bonds is 2. The number of benzene rings is 2. The fourth-order valence-corrected chi connectivity index (χ4v) is 2.13. The summed E-state index contributed by atoms with van der Waals surface area (Å²) >= 11 is 0. The van der Waals surface area contributed by atoms with Crippen LogP contribution >= 0.6 is 0 Å². The van der Waals surface area contributed by atoms with Gasteiger partial charge in [0.1, 0.15) is 11.5 Å². The van der Waals surface area contributed by atoms with Gasteiger partial charge in [0.15, 0.2) is 0 Å². The molecule has 4 heteroatoms. The van der Waals surface area contributed by atoms with Crippen molar-refractivity contribution in [2.75, 3.05) is 0 Å². The molecular weight excluding hydrogens is 352 g/mol. The van der Waals surface area contributed by atoms with Crippen LogP contribution in [-0.2, 0) is 0 Å². The van der Waals surface area contributed by atoms with Crippen molar-refractivity contribution in [2.24, 2.45) is 0 Å². The van der Waals surface area contributed by atoms with E-state index in [2.05, 4.69) is 33.8 Å². The van der Waals surface area contributed by atoms with Gasteiger partial charge in [0.2, 0.25) is 0 Å². The summed E-state index contributed by atoms with van der Waals surface area (Å²) in [5.74, 6) is 1.70. The smallest absolute Gasteiger partial charge is 1.00 e. The van der Waals surface area contributed by atoms with E-state index >= 15 is 0 Å². The van der Waals surface area contributed by atoms with Crippen LogP contribution in [0, 0.1) is 13.8 Å². The topological polar surface area (TPSA) is 40.5 Å². The van der Waals surface area contributed by atoms with E-state index < -0.39 is 0 Å². The maximum atomic E-state index is 9.46. The summed E-state index contributed by atoms with van der Waals surface area (Å²) < 4.78 is 0. The molecule has 0 unspecified atom stereocenters. The molecule has 0 bridgehead atoms. The normalized spacial score (nSPS) is 9.67. The zero-order chi connectivity index (χ0) is 16.9. The van der Waals surface area contributed by atoms with Crippen molar-refractivity contribution in [1.29, 1.82) is 0 Å². The van der Waals surface area contributed by atoms with E-state index in [9.17, 15) is 10.2 Å². The largest absolute Gasteiger partial charge is 2.00 e. The van der Waals surface area contributed by atoms with E-state index in [0.717, 1.165) is 16.7 Å². The van der Waals surface area contributed by atoms with Crippen LogP contribution in [0.2, 0.25) is 0 Å². The van der Waals surface area contributed by atoms with E-state index in [0.29, 0.717) is 23.3 Å². The average molecular weight is 385 g/mol. The van der Waals surface area contributed by atoms with Gasteiger partial charge >= 0.3 is 75.5 Å². The van der Waals surface area contributed by atoms with Gasteiger partial charge in [-0.2, -0.15) is 0 Å². The van der Waals surface area contributed by atoms with Crippen LogP contribution in [0.15, 0.2) is 36.4 Å². The first-order valence-electron chi connectivity index (χ1n) is 7.81. The molecule has 0 saturated heterocycles. The summed E-state index contributed by atoms with van der Waals surface area (Å²) in [5.41, 5.74) is 4.25. The quantitative estimate of drug-likeness (QED) is 0.687. The van der Waals surface area contributed by atoms with E-state index in [-0.39, 0.29) is 81.2 Å². The van der Waals surface area contributed by atoms with Gasteiger partial charge in [-0.1, -0.05) is 52.0 Å². The SMILES string of the molecule is Cc1ccc(C(C)C)c(O)c1.Cc1ccc(C(C)C)cc1O.[Ca+2].[Ca+2].[H-].[H-].[H-].[H-]. The Hall–Kier alpha value is 0.559. The Morgan fingerprint density at radius 1 is 0.750 bits per heavy atom. The minimum atomic E-state index is 0. The molecule has 0 heterocycles.